The summed E-state index contributed by atoms with van der Waals surface area (Å²) < 4.78 is 15.8. The van der Waals surface area contributed by atoms with Gasteiger partial charge >= 0.3 is 0 Å². The lowest BCUT2D eigenvalue weighted by Crippen LogP contribution is -2.36. The van der Waals surface area contributed by atoms with Gasteiger partial charge in [0.15, 0.2) is 0 Å². The molecule has 1 aliphatic heterocycles. The number of fused-ring (bicyclic) bond motifs is 1. The van der Waals surface area contributed by atoms with Crippen LogP contribution in [0.3, 0.4) is 0 Å². The molecule has 1 aromatic heterocycles. The fourth-order valence-electron chi connectivity index (χ4n) is 3.40. The molecule has 128 valence electrons. The van der Waals surface area contributed by atoms with E-state index in [1.165, 1.54) is 0 Å². The summed E-state index contributed by atoms with van der Waals surface area (Å²) in [6.07, 6.45) is 1.60. The van der Waals surface area contributed by atoms with Crippen molar-refractivity contribution in [3.8, 4) is 5.69 Å². The van der Waals surface area contributed by atoms with E-state index in [0.717, 1.165) is 23.2 Å². The van der Waals surface area contributed by atoms with Crippen molar-refractivity contribution in [2.75, 3.05) is 13.1 Å². The summed E-state index contributed by atoms with van der Waals surface area (Å²) in [5.41, 5.74) is 8.24. The Morgan fingerprint density at radius 1 is 1.24 bits per heavy atom. The third-order valence-electron chi connectivity index (χ3n) is 4.79. The molecule has 0 aliphatic carbocycles. The number of halogens is 1. The summed E-state index contributed by atoms with van der Waals surface area (Å²) in [5.74, 6) is -0.606. The molecular weight excluding hydrogens is 319 g/mol. The Labute approximate surface area is 144 Å². The zero-order valence-corrected chi connectivity index (χ0v) is 13.7. The van der Waals surface area contributed by atoms with Gasteiger partial charge in [-0.1, -0.05) is 24.3 Å². The number of primary amides is 1. The Hall–Kier alpha value is -2.73. The van der Waals surface area contributed by atoms with Gasteiger partial charge in [-0.15, -0.1) is 0 Å². The average Bonchev–Trinajstić information content (AvgIpc) is 3.06. The minimum absolute atomic E-state index is 0.110. The van der Waals surface area contributed by atoms with Crippen LogP contribution in [0.15, 0.2) is 48.7 Å². The van der Waals surface area contributed by atoms with Crippen molar-refractivity contribution < 1.29 is 9.18 Å². The number of nitrogens with two attached hydrogens (primary N) is 1. The van der Waals surface area contributed by atoms with Crippen molar-refractivity contribution in [1.29, 1.82) is 0 Å². The Morgan fingerprint density at radius 2 is 2.04 bits per heavy atom. The maximum Gasteiger partial charge on any atom is 0.250 e. The van der Waals surface area contributed by atoms with Crippen LogP contribution in [0.5, 0.6) is 0 Å². The van der Waals surface area contributed by atoms with E-state index in [-0.39, 0.29) is 5.92 Å². The quantitative estimate of drug-likeness (QED) is 0.771. The number of nitrogens with one attached hydrogen (secondary N) is 1. The molecule has 1 aliphatic rings. The summed E-state index contributed by atoms with van der Waals surface area (Å²) >= 11 is 0. The first kappa shape index (κ1) is 15.8. The number of benzene rings is 2. The van der Waals surface area contributed by atoms with Crippen LogP contribution in [-0.2, 0) is 0 Å². The van der Waals surface area contributed by atoms with Crippen LogP contribution in [0.1, 0.15) is 28.3 Å². The number of carbonyl (C=O) groups is 1. The van der Waals surface area contributed by atoms with Gasteiger partial charge in [-0.3, -0.25) is 4.79 Å². The number of nitrogens with zero attached hydrogens (tertiary/aromatic N) is 2. The van der Waals surface area contributed by atoms with Crippen LogP contribution in [0.2, 0.25) is 0 Å². The molecule has 6 heteroatoms. The number of hydrogen-bond donors (Lipinski definition) is 2. The van der Waals surface area contributed by atoms with E-state index >= 15 is 0 Å². The summed E-state index contributed by atoms with van der Waals surface area (Å²) in [6.45, 7) is 1.39. The van der Waals surface area contributed by atoms with Gasteiger partial charge in [0.1, 0.15) is 11.7 Å². The third-order valence-corrected chi connectivity index (χ3v) is 4.79. The number of aromatic nitrogens is 2. The molecule has 5 nitrogen and oxygen atoms in total. The molecule has 3 N–H and O–H groups in total. The molecule has 0 radical (unpaired) electrons. The summed E-state index contributed by atoms with van der Waals surface area (Å²) in [4.78, 5) is 11.5. The van der Waals surface area contributed by atoms with Gasteiger partial charge in [0.25, 0.3) is 5.91 Å². The third kappa shape index (κ3) is 2.89. The van der Waals surface area contributed by atoms with E-state index in [4.69, 9.17) is 5.73 Å². The van der Waals surface area contributed by atoms with Gasteiger partial charge in [0.05, 0.1) is 11.3 Å². The molecule has 2 atom stereocenters. The summed E-state index contributed by atoms with van der Waals surface area (Å²) in [5, 5.41) is 8.58. The van der Waals surface area contributed by atoms with E-state index in [0.29, 0.717) is 24.0 Å². The van der Waals surface area contributed by atoms with E-state index < -0.39 is 12.1 Å². The number of amides is 1. The summed E-state index contributed by atoms with van der Waals surface area (Å²) in [7, 11) is 0. The number of carbonyl (C=O) groups excluding carboxylic acids is 1. The monoisotopic (exact) mass is 338 g/mol. The maximum absolute atomic E-state index is 14.1. The predicted octanol–water partition coefficient (Wildman–Crippen LogP) is 2.54. The van der Waals surface area contributed by atoms with Crippen LogP contribution < -0.4 is 11.1 Å². The second kappa shape index (κ2) is 6.29. The first-order valence-electron chi connectivity index (χ1n) is 8.37. The Morgan fingerprint density at radius 3 is 2.76 bits per heavy atom. The first-order valence-corrected chi connectivity index (χ1v) is 8.37. The Bertz CT molecular complexity index is 919. The van der Waals surface area contributed by atoms with Crippen LogP contribution >= 0.6 is 0 Å². The number of piperidine rings is 1. The minimum atomic E-state index is -0.808. The van der Waals surface area contributed by atoms with Crippen molar-refractivity contribution >= 4 is 16.8 Å². The molecule has 0 bridgehead atoms. The fourth-order valence-corrected chi connectivity index (χ4v) is 3.40. The second-order valence-corrected chi connectivity index (χ2v) is 6.39. The van der Waals surface area contributed by atoms with Crippen molar-refractivity contribution in [1.82, 2.24) is 15.1 Å². The molecule has 3 aromatic rings. The molecule has 0 saturated carbocycles. The van der Waals surface area contributed by atoms with Crippen molar-refractivity contribution in [2.45, 2.75) is 18.5 Å². The van der Waals surface area contributed by atoms with Gasteiger partial charge in [-0.25, -0.2) is 9.07 Å². The molecule has 2 heterocycles. The molecule has 2 aromatic carbocycles. The lowest BCUT2D eigenvalue weighted by molar-refractivity contribution is 0.100. The van der Waals surface area contributed by atoms with Crippen molar-refractivity contribution in [2.24, 2.45) is 5.73 Å². The number of hydrogen-bond acceptors (Lipinski definition) is 3. The Balaban J connectivity index is 1.67. The molecule has 1 amide bonds. The lowest BCUT2D eigenvalue weighted by Gasteiger charge is -2.27. The molecule has 1 fully saturated rings. The topological polar surface area (TPSA) is 72.9 Å². The first-order chi connectivity index (χ1) is 12.1. The highest BCUT2D eigenvalue weighted by Gasteiger charge is 2.25. The van der Waals surface area contributed by atoms with Gasteiger partial charge in [0, 0.05) is 24.0 Å². The van der Waals surface area contributed by atoms with Crippen LogP contribution in [0.25, 0.3) is 16.6 Å². The maximum atomic E-state index is 14.1. The highest BCUT2D eigenvalue weighted by molar-refractivity contribution is 6.04. The number of alkyl halides is 1. The highest BCUT2D eigenvalue weighted by Crippen LogP contribution is 2.27. The minimum Gasteiger partial charge on any atom is -0.366 e. The van der Waals surface area contributed by atoms with E-state index in [9.17, 15) is 9.18 Å². The van der Waals surface area contributed by atoms with Crippen LogP contribution in [-0.4, -0.2) is 34.9 Å². The zero-order chi connectivity index (χ0) is 17.4. The molecular formula is C19H19FN4O. The fraction of sp³-hybridized carbons (Fsp3) is 0.263. The van der Waals surface area contributed by atoms with Crippen molar-refractivity contribution in [3.05, 3.63) is 59.8 Å². The van der Waals surface area contributed by atoms with E-state index in [2.05, 4.69) is 10.4 Å². The van der Waals surface area contributed by atoms with Crippen LogP contribution in [0.4, 0.5) is 4.39 Å². The van der Waals surface area contributed by atoms with E-state index in [1.807, 2.05) is 36.5 Å². The van der Waals surface area contributed by atoms with Gasteiger partial charge < -0.3 is 11.1 Å². The van der Waals surface area contributed by atoms with Gasteiger partial charge in [0.2, 0.25) is 0 Å². The molecule has 4 rings (SSSR count). The predicted molar refractivity (Wildman–Crippen MR) is 94.7 cm³/mol. The molecule has 0 spiro atoms. The standard InChI is InChI=1S/C19H19FN4O/c20-17-8-9-22-10-16(17)12-4-6-14(7-5-12)24-11-13-2-1-3-15(19(21)25)18(13)23-24/h1-7,11,16-17,22H,8-10H2,(H2,21,25)/t16-,17-/m0/s1. The van der Waals surface area contributed by atoms with Crippen LogP contribution in [0, 0.1) is 0 Å². The van der Waals surface area contributed by atoms with Gasteiger partial charge in [-0.05, 0) is 36.7 Å². The molecule has 1 saturated heterocycles. The SMILES string of the molecule is NC(=O)c1cccc2cn(-c3ccc([C@@H]4CNCC[C@@H]4F)cc3)nc12. The highest BCUT2D eigenvalue weighted by atomic mass is 19.1. The molecule has 0 unspecified atom stereocenters. The smallest absolute Gasteiger partial charge is 0.250 e. The number of rotatable bonds is 3. The average molecular weight is 338 g/mol. The normalized spacial score (nSPS) is 20.7. The Kier molecular flexibility index (Phi) is 3.97. The zero-order valence-electron chi connectivity index (χ0n) is 13.7. The van der Waals surface area contributed by atoms with Crippen molar-refractivity contribution in [3.63, 3.8) is 0 Å². The van der Waals surface area contributed by atoms with Gasteiger partial charge in [-0.2, -0.15) is 5.10 Å². The summed E-state index contributed by atoms with van der Waals surface area (Å²) in [6, 6.07) is 13.1. The lowest BCUT2D eigenvalue weighted by atomic mass is 9.90. The van der Waals surface area contributed by atoms with E-state index in [1.54, 1.807) is 16.8 Å². The second-order valence-electron chi connectivity index (χ2n) is 6.39. The largest absolute Gasteiger partial charge is 0.366 e. The molecule has 25 heavy (non-hydrogen) atoms.